The molecule has 2 aromatic heterocycles. The van der Waals surface area contributed by atoms with Gasteiger partial charge in [-0.05, 0) is 18.6 Å². The van der Waals surface area contributed by atoms with E-state index in [0.717, 1.165) is 35.8 Å². The van der Waals surface area contributed by atoms with E-state index in [0.29, 0.717) is 0 Å². The molecule has 1 aliphatic rings. The lowest BCUT2D eigenvalue weighted by Crippen LogP contribution is -2.27. The maximum Gasteiger partial charge on any atom is 0.155 e. The first-order valence-corrected chi connectivity index (χ1v) is 5.65. The van der Waals surface area contributed by atoms with E-state index in [4.69, 9.17) is 4.52 Å². The molecule has 0 aromatic carbocycles. The van der Waals surface area contributed by atoms with E-state index in [-0.39, 0.29) is 6.04 Å². The van der Waals surface area contributed by atoms with Gasteiger partial charge < -0.3 is 9.84 Å². The maximum atomic E-state index is 5.32. The largest absolute Gasteiger partial charge is 0.373 e. The van der Waals surface area contributed by atoms with E-state index in [2.05, 4.69) is 20.8 Å². The number of hydrogen-bond acceptors (Lipinski definition) is 4. The molecule has 0 spiro atoms. The lowest BCUT2D eigenvalue weighted by Gasteiger charge is -2.21. The minimum Gasteiger partial charge on any atom is -0.373 e. The van der Waals surface area contributed by atoms with Crippen LogP contribution in [0.25, 0.3) is 11.3 Å². The third-order valence-electron chi connectivity index (χ3n) is 2.93. The van der Waals surface area contributed by atoms with E-state index < -0.39 is 0 Å². The van der Waals surface area contributed by atoms with Crippen molar-refractivity contribution in [1.29, 1.82) is 0 Å². The number of rotatable bonds is 3. The van der Waals surface area contributed by atoms with Gasteiger partial charge in [-0.3, -0.25) is 0 Å². The van der Waals surface area contributed by atoms with E-state index in [1.807, 2.05) is 25.2 Å². The summed E-state index contributed by atoms with van der Waals surface area (Å²) < 4.78 is 5.32. The second kappa shape index (κ2) is 4.18. The molecule has 5 nitrogen and oxygen atoms in total. The predicted molar refractivity (Wildman–Crippen MR) is 63.6 cm³/mol. The zero-order valence-corrected chi connectivity index (χ0v) is 9.55. The molecule has 1 unspecified atom stereocenters. The molecular formula is C12H13N4O. The fourth-order valence-corrected chi connectivity index (χ4v) is 1.87. The highest BCUT2D eigenvalue weighted by atomic mass is 16.5. The molecule has 5 heteroatoms. The molecule has 0 amide bonds. The smallest absolute Gasteiger partial charge is 0.155 e. The highest BCUT2D eigenvalue weighted by molar-refractivity contribution is 5.71. The molecule has 1 aliphatic heterocycles. The summed E-state index contributed by atoms with van der Waals surface area (Å²) >= 11 is 0. The molecule has 0 aliphatic carbocycles. The first kappa shape index (κ1) is 10.3. The summed E-state index contributed by atoms with van der Waals surface area (Å²) in [5.41, 5.74) is 1.75. The predicted octanol–water partition coefficient (Wildman–Crippen LogP) is 1.83. The third kappa shape index (κ3) is 1.78. The molecule has 2 aromatic rings. The molecular weight excluding hydrogens is 216 g/mol. The molecule has 87 valence electrons. The van der Waals surface area contributed by atoms with Crippen LogP contribution in [0, 0.1) is 0 Å². The Kier molecular flexibility index (Phi) is 2.53. The maximum absolute atomic E-state index is 5.32. The standard InChI is InChI=1S/C12H13N4O/c1-13-12-8(3-2-5-15-12)10-7-11(17-16-10)9-4-6-14-9/h2-3,5,7,9H,4,6H2,1H3,(H,13,15). The molecule has 1 saturated heterocycles. The summed E-state index contributed by atoms with van der Waals surface area (Å²) in [5.74, 6) is 1.65. The van der Waals surface area contributed by atoms with Crippen LogP contribution in [0.2, 0.25) is 0 Å². The zero-order chi connectivity index (χ0) is 11.7. The molecule has 1 N–H and O–H groups in total. The Morgan fingerprint density at radius 2 is 2.35 bits per heavy atom. The Morgan fingerprint density at radius 1 is 1.47 bits per heavy atom. The van der Waals surface area contributed by atoms with Crippen LogP contribution in [0.15, 0.2) is 28.9 Å². The van der Waals surface area contributed by atoms with Gasteiger partial charge in [-0.25, -0.2) is 10.3 Å². The van der Waals surface area contributed by atoms with Crippen molar-refractivity contribution in [3.05, 3.63) is 30.2 Å². The van der Waals surface area contributed by atoms with Gasteiger partial charge in [-0.2, -0.15) is 0 Å². The van der Waals surface area contributed by atoms with Crippen LogP contribution in [-0.2, 0) is 0 Å². The van der Waals surface area contributed by atoms with Crippen molar-refractivity contribution < 1.29 is 4.52 Å². The van der Waals surface area contributed by atoms with Crippen molar-refractivity contribution in [3.8, 4) is 11.3 Å². The summed E-state index contributed by atoms with van der Waals surface area (Å²) in [4.78, 5) is 4.25. The van der Waals surface area contributed by atoms with Gasteiger partial charge in [0, 0.05) is 31.4 Å². The SMILES string of the molecule is CNc1ncccc1-c1cc(C2CC[N]2)on1. The van der Waals surface area contributed by atoms with Crippen molar-refractivity contribution in [1.82, 2.24) is 15.5 Å². The fourth-order valence-electron chi connectivity index (χ4n) is 1.87. The number of pyridine rings is 1. The number of anilines is 1. The summed E-state index contributed by atoms with van der Waals surface area (Å²) in [6, 6.07) is 6.01. The van der Waals surface area contributed by atoms with Crippen LogP contribution in [0.1, 0.15) is 18.2 Å². The van der Waals surface area contributed by atoms with Gasteiger partial charge in [0.15, 0.2) is 5.76 Å². The van der Waals surface area contributed by atoms with E-state index in [1.165, 1.54) is 0 Å². The number of nitrogens with one attached hydrogen (secondary N) is 1. The summed E-state index contributed by atoms with van der Waals surface area (Å²) in [6.07, 6.45) is 2.80. The quantitative estimate of drug-likeness (QED) is 0.872. The van der Waals surface area contributed by atoms with Gasteiger partial charge in [0.25, 0.3) is 0 Å². The summed E-state index contributed by atoms with van der Waals surface area (Å²) in [6.45, 7) is 0.926. The Labute approximate surface area is 99.2 Å². The molecule has 17 heavy (non-hydrogen) atoms. The van der Waals surface area contributed by atoms with Crippen LogP contribution < -0.4 is 10.6 Å². The topological polar surface area (TPSA) is 65.1 Å². The second-order valence-corrected chi connectivity index (χ2v) is 3.97. The zero-order valence-electron chi connectivity index (χ0n) is 9.55. The first-order valence-electron chi connectivity index (χ1n) is 5.65. The van der Waals surface area contributed by atoms with Gasteiger partial charge in [0.05, 0.1) is 6.04 Å². The van der Waals surface area contributed by atoms with Crippen LogP contribution in [-0.4, -0.2) is 23.7 Å². The van der Waals surface area contributed by atoms with E-state index >= 15 is 0 Å². The van der Waals surface area contributed by atoms with Gasteiger partial charge in [-0.1, -0.05) is 5.16 Å². The van der Waals surface area contributed by atoms with Crippen molar-refractivity contribution in [2.45, 2.75) is 12.5 Å². The van der Waals surface area contributed by atoms with Crippen LogP contribution in [0.3, 0.4) is 0 Å². The Hall–Kier alpha value is -1.88. The Morgan fingerprint density at radius 3 is 3.06 bits per heavy atom. The van der Waals surface area contributed by atoms with Crippen molar-refractivity contribution in [2.24, 2.45) is 0 Å². The van der Waals surface area contributed by atoms with Gasteiger partial charge in [0.1, 0.15) is 11.5 Å². The lowest BCUT2D eigenvalue weighted by atomic mass is 10.0. The highest BCUT2D eigenvalue weighted by Gasteiger charge is 2.25. The van der Waals surface area contributed by atoms with Crippen LogP contribution in [0.5, 0.6) is 0 Å². The minimum atomic E-state index is 0.200. The van der Waals surface area contributed by atoms with Gasteiger partial charge >= 0.3 is 0 Å². The normalized spacial score (nSPS) is 18.8. The van der Waals surface area contributed by atoms with E-state index in [9.17, 15) is 0 Å². The number of aromatic nitrogens is 2. The lowest BCUT2D eigenvalue weighted by molar-refractivity contribution is 0.276. The van der Waals surface area contributed by atoms with Crippen molar-refractivity contribution in [3.63, 3.8) is 0 Å². The van der Waals surface area contributed by atoms with Gasteiger partial charge in [-0.15, -0.1) is 0 Å². The number of nitrogens with zero attached hydrogens (tertiary/aromatic N) is 3. The molecule has 0 bridgehead atoms. The monoisotopic (exact) mass is 229 g/mol. The van der Waals surface area contributed by atoms with Crippen LogP contribution in [0.4, 0.5) is 5.82 Å². The first-order chi connectivity index (χ1) is 8.38. The Balaban J connectivity index is 1.94. The molecule has 3 heterocycles. The average molecular weight is 229 g/mol. The molecule has 1 atom stereocenters. The summed E-state index contributed by atoms with van der Waals surface area (Å²) in [7, 11) is 1.84. The van der Waals surface area contributed by atoms with Crippen LogP contribution >= 0.6 is 0 Å². The van der Waals surface area contributed by atoms with Crippen molar-refractivity contribution in [2.75, 3.05) is 18.9 Å². The molecule has 1 radical (unpaired) electrons. The molecule has 0 saturated carbocycles. The van der Waals surface area contributed by atoms with Gasteiger partial charge in [0.2, 0.25) is 0 Å². The van der Waals surface area contributed by atoms with Crippen molar-refractivity contribution >= 4 is 5.82 Å². The second-order valence-electron chi connectivity index (χ2n) is 3.97. The fraction of sp³-hybridized carbons (Fsp3) is 0.333. The molecule has 1 fully saturated rings. The third-order valence-corrected chi connectivity index (χ3v) is 2.93. The molecule has 3 rings (SSSR count). The highest BCUT2D eigenvalue weighted by Crippen LogP contribution is 2.30. The minimum absolute atomic E-state index is 0.200. The Bertz CT molecular complexity index is 519. The number of hydrogen-bond donors (Lipinski definition) is 1. The van der Waals surface area contributed by atoms with E-state index in [1.54, 1.807) is 6.20 Å². The average Bonchev–Trinajstić information content (AvgIpc) is 2.76. The summed E-state index contributed by atoms with van der Waals surface area (Å²) in [5, 5.41) is 11.5.